The average molecular weight is 272 g/mol. The lowest BCUT2D eigenvalue weighted by molar-refractivity contribution is 0.359. The number of pyridine rings is 1. The van der Waals surface area contributed by atoms with E-state index in [1.807, 2.05) is 0 Å². The van der Waals surface area contributed by atoms with Gasteiger partial charge in [0.2, 0.25) is 0 Å². The summed E-state index contributed by atoms with van der Waals surface area (Å²) in [4.78, 5) is 4.00. The molecule has 84 valence electrons. The molecule has 0 amide bonds. The van der Waals surface area contributed by atoms with E-state index >= 15 is 0 Å². The summed E-state index contributed by atoms with van der Waals surface area (Å²) < 4.78 is 0.901. The van der Waals surface area contributed by atoms with Crippen LogP contribution in [0.15, 0.2) is 16.9 Å². The fraction of sp³-hybridized carbons (Fsp3) is 0.545. The van der Waals surface area contributed by atoms with Gasteiger partial charge in [-0.15, -0.1) is 0 Å². The lowest BCUT2D eigenvalue weighted by Gasteiger charge is -2.29. The van der Waals surface area contributed by atoms with Gasteiger partial charge in [-0.2, -0.15) is 0 Å². The van der Waals surface area contributed by atoms with Gasteiger partial charge in [0, 0.05) is 12.2 Å². The maximum atomic E-state index is 5.86. The van der Waals surface area contributed by atoms with E-state index in [4.69, 9.17) is 5.73 Å². The number of nitrogens with one attached hydrogen (secondary N) is 1. The molecule has 3 nitrogen and oxygen atoms in total. The highest BCUT2D eigenvalue weighted by molar-refractivity contribution is 9.10. The maximum absolute atomic E-state index is 5.86. The summed E-state index contributed by atoms with van der Waals surface area (Å²) in [5, 5.41) is 3.41. The Labute approximate surface area is 99.6 Å². The maximum Gasteiger partial charge on any atom is 0.0752 e. The van der Waals surface area contributed by atoms with Crippen LogP contribution >= 0.6 is 15.9 Å². The first kappa shape index (κ1) is 12.3. The minimum atomic E-state index is 0.190. The first-order chi connectivity index (χ1) is 6.82. The molecule has 0 saturated carbocycles. The Bertz CT molecular complexity index is 324. The monoisotopic (exact) mass is 271 g/mol. The van der Waals surface area contributed by atoms with Gasteiger partial charge in [0.15, 0.2) is 0 Å². The van der Waals surface area contributed by atoms with Gasteiger partial charge in [-0.25, -0.2) is 0 Å². The lowest BCUT2D eigenvalue weighted by atomic mass is 9.88. The van der Waals surface area contributed by atoms with Crippen LogP contribution in [0.2, 0.25) is 0 Å². The van der Waals surface area contributed by atoms with Crippen LogP contribution in [0.3, 0.4) is 0 Å². The molecule has 4 heteroatoms. The molecule has 0 saturated heterocycles. The summed E-state index contributed by atoms with van der Waals surface area (Å²) in [7, 11) is 0. The van der Waals surface area contributed by atoms with Gasteiger partial charge in [0.1, 0.15) is 0 Å². The zero-order chi connectivity index (χ0) is 11.6. The standard InChI is InChI=1S/C11H18BrN3/c1-7(11(2,3)4)15-10-8(12)5-14-6-9(10)13/h5-7H,13H2,1-4H3,(H,14,15). The van der Waals surface area contributed by atoms with Gasteiger partial charge in [-0.05, 0) is 28.3 Å². The Kier molecular flexibility index (Phi) is 3.60. The van der Waals surface area contributed by atoms with Gasteiger partial charge < -0.3 is 11.1 Å². The van der Waals surface area contributed by atoms with Gasteiger partial charge in [-0.1, -0.05) is 20.8 Å². The lowest BCUT2D eigenvalue weighted by Crippen LogP contribution is -2.31. The molecule has 0 fully saturated rings. The summed E-state index contributed by atoms with van der Waals surface area (Å²) in [6.45, 7) is 8.72. The van der Waals surface area contributed by atoms with E-state index in [2.05, 4.69) is 53.9 Å². The van der Waals surface area contributed by atoms with Crippen LogP contribution in [0.5, 0.6) is 0 Å². The van der Waals surface area contributed by atoms with Crippen molar-refractivity contribution >= 4 is 27.3 Å². The minimum absolute atomic E-state index is 0.190. The molecule has 0 aliphatic carbocycles. The van der Waals surface area contributed by atoms with Gasteiger partial charge in [0.25, 0.3) is 0 Å². The Morgan fingerprint density at radius 2 is 2.00 bits per heavy atom. The quantitative estimate of drug-likeness (QED) is 0.868. The number of nitrogen functional groups attached to an aromatic ring is 1. The van der Waals surface area contributed by atoms with Crippen LogP contribution in [0.4, 0.5) is 11.4 Å². The van der Waals surface area contributed by atoms with Crippen LogP contribution in [0.1, 0.15) is 27.7 Å². The molecule has 0 aromatic carbocycles. The molecule has 1 heterocycles. The molecular formula is C11H18BrN3. The van der Waals surface area contributed by atoms with E-state index in [0.717, 1.165) is 10.2 Å². The normalized spacial score (nSPS) is 13.7. The number of rotatable bonds is 2. The van der Waals surface area contributed by atoms with Crippen molar-refractivity contribution in [3.8, 4) is 0 Å². The van der Waals surface area contributed by atoms with Gasteiger partial charge in [0.05, 0.1) is 22.0 Å². The molecular weight excluding hydrogens is 254 g/mol. The largest absolute Gasteiger partial charge is 0.396 e. The zero-order valence-corrected chi connectivity index (χ0v) is 11.2. The second kappa shape index (κ2) is 4.39. The molecule has 0 aliphatic heterocycles. The van der Waals surface area contributed by atoms with Crippen LogP contribution in [0.25, 0.3) is 0 Å². The van der Waals surface area contributed by atoms with Crippen molar-refractivity contribution in [1.82, 2.24) is 4.98 Å². The molecule has 15 heavy (non-hydrogen) atoms. The van der Waals surface area contributed by atoms with Crippen LogP contribution in [-0.2, 0) is 0 Å². The second-order valence-corrected chi connectivity index (χ2v) is 5.67. The number of aromatic nitrogens is 1. The van der Waals surface area contributed by atoms with Crippen LogP contribution < -0.4 is 11.1 Å². The Morgan fingerprint density at radius 3 is 2.47 bits per heavy atom. The summed E-state index contributed by atoms with van der Waals surface area (Å²) in [5.74, 6) is 0. The summed E-state index contributed by atoms with van der Waals surface area (Å²) >= 11 is 3.44. The van der Waals surface area contributed by atoms with Crippen molar-refractivity contribution in [1.29, 1.82) is 0 Å². The van der Waals surface area contributed by atoms with Gasteiger partial charge >= 0.3 is 0 Å². The summed E-state index contributed by atoms with van der Waals surface area (Å²) in [5.41, 5.74) is 7.64. The highest BCUT2D eigenvalue weighted by Crippen LogP contribution is 2.31. The Balaban J connectivity index is 2.90. The molecule has 1 atom stereocenters. The zero-order valence-electron chi connectivity index (χ0n) is 9.63. The molecule has 1 aromatic rings. The topological polar surface area (TPSA) is 50.9 Å². The van der Waals surface area contributed by atoms with E-state index in [9.17, 15) is 0 Å². The molecule has 1 aromatic heterocycles. The number of halogens is 1. The molecule has 0 aliphatic rings. The smallest absolute Gasteiger partial charge is 0.0752 e. The predicted octanol–water partition coefficient (Wildman–Crippen LogP) is 3.27. The highest BCUT2D eigenvalue weighted by Gasteiger charge is 2.21. The SMILES string of the molecule is CC(Nc1c(N)cncc1Br)C(C)(C)C. The molecule has 1 unspecified atom stereocenters. The predicted molar refractivity (Wildman–Crippen MR) is 68.9 cm³/mol. The molecule has 0 radical (unpaired) electrons. The van der Waals surface area contributed by atoms with Crippen molar-refractivity contribution in [3.63, 3.8) is 0 Å². The third kappa shape index (κ3) is 3.09. The Morgan fingerprint density at radius 1 is 1.40 bits per heavy atom. The van der Waals surface area contributed by atoms with Crippen molar-refractivity contribution in [3.05, 3.63) is 16.9 Å². The van der Waals surface area contributed by atoms with E-state index < -0.39 is 0 Å². The second-order valence-electron chi connectivity index (χ2n) is 4.82. The first-order valence-corrected chi connectivity index (χ1v) is 5.77. The van der Waals surface area contributed by atoms with Crippen molar-refractivity contribution in [2.75, 3.05) is 11.1 Å². The average Bonchev–Trinajstić information content (AvgIpc) is 2.09. The fourth-order valence-corrected chi connectivity index (χ4v) is 1.50. The fourth-order valence-electron chi connectivity index (χ4n) is 1.04. The minimum Gasteiger partial charge on any atom is -0.396 e. The number of hydrogen-bond donors (Lipinski definition) is 2. The van der Waals surface area contributed by atoms with Crippen molar-refractivity contribution in [2.24, 2.45) is 5.41 Å². The summed E-state index contributed by atoms with van der Waals surface area (Å²) in [6, 6.07) is 0.332. The van der Waals surface area contributed by atoms with Crippen LogP contribution in [0, 0.1) is 5.41 Å². The third-order valence-corrected chi connectivity index (χ3v) is 3.19. The van der Waals surface area contributed by atoms with Crippen molar-refractivity contribution < 1.29 is 0 Å². The number of anilines is 2. The Hall–Kier alpha value is -0.770. The van der Waals surface area contributed by atoms with E-state index in [1.165, 1.54) is 0 Å². The van der Waals surface area contributed by atoms with E-state index in [-0.39, 0.29) is 5.41 Å². The number of nitrogens with zero attached hydrogens (tertiary/aromatic N) is 1. The molecule has 1 rings (SSSR count). The van der Waals surface area contributed by atoms with Crippen LogP contribution in [-0.4, -0.2) is 11.0 Å². The summed E-state index contributed by atoms with van der Waals surface area (Å²) in [6.07, 6.45) is 3.40. The van der Waals surface area contributed by atoms with E-state index in [0.29, 0.717) is 11.7 Å². The molecule has 0 bridgehead atoms. The van der Waals surface area contributed by atoms with Gasteiger partial charge in [-0.3, -0.25) is 4.98 Å². The highest BCUT2D eigenvalue weighted by atomic mass is 79.9. The molecule has 0 spiro atoms. The molecule has 3 N–H and O–H groups in total. The van der Waals surface area contributed by atoms with Crippen molar-refractivity contribution in [2.45, 2.75) is 33.7 Å². The first-order valence-electron chi connectivity index (χ1n) is 4.98. The number of nitrogens with two attached hydrogens (primary N) is 1. The number of hydrogen-bond acceptors (Lipinski definition) is 3. The van der Waals surface area contributed by atoms with E-state index in [1.54, 1.807) is 12.4 Å². The third-order valence-electron chi connectivity index (χ3n) is 2.59.